The van der Waals surface area contributed by atoms with E-state index in [1.54, 1.807) is 12.2 Å². The van der Waals surface area contributed by atoms with E-state index in [-0.39, 0.29) is 5.91 Å². The first-order valence-corrected chi connectivity index (χ1v) is 9.12. The van der Waals surface area contributed by atoms with E-state index in [9.17, 15) is 4.79 Å². The van der Waals surface area contributed by atoms with Gasteiger partial charge < -0.3 is 10.1 Å². The minimum absolute atomic E-state index is 0.133. The molecule has 1 heterocycles. The van der Waals surface area contributed by atoms with Crippen molar-refractivity contribution < 1.29 is 9.53 Å². The number of hydrogen-bond acceptors (Lipinski definition) is 3. The van der Waals surface area contributed by atoms with Crippen LogP contribution in [0.3, 0.4) is 0 Å². The molecule has 1 aliphatic rings. The second kappa shape index (κ2) is 8.94. The molecule has 0 atom stereocenters. The van der Waals surface area contributed by atoms with Crippen molar-refractivity contribution in [3.05, 3.63) is 70.2 Å². The number of ether oxygens (including phenoxy) is 1. The maximum Gasteiger partial charge on any atom is 0.248 e. The molecule has 1 amide bonds. The van der Waals surface area contributed by atoms with E-state index in [2.05, 4.69) is 32.2 Å². The minimum Gasteiger partial charge on any atom is -0.379 e. The van der Waals surface area contributed by atoms with E-state index >= 15 is 0 Å². The van der Waals surface area contributed by atoms with E-state index in [0.29, 0.717) is 0 Å². The highest BCUT2D eigenvalue weighted by Crippen LogP contribution is 2.14. The Balaban J connectivity index is 1.57. The molecule has 0 spiro atoms. The molecular weight excluding hydrogens is 380 g/mol. The average Bonchev–Trinajstić information content (AvgIpc) is 2.62. The maximum absolute atomic E-state index is 12.1. The molecule has 1 N–H and O–H groups in total. The van der Waals surface area contributed by atoms with Crippen molar-refractivity contribution in [1.82, 2.24) is 4.90 Å². The van der Waals surface area contributed by atoms with Crippen LogP contribution in [0.5, 0.6) is 0 Å². The first-order valence-electron chi connectivity index (χ1n) is 8.33. The second-order valence-corrected chi connectivity index (χ2v) is 6.88. The predicted molar refractivity (Wildman–Crippen MR) is 104 cm³/mol. The van der Waals surface area contributed by atoms with Crippen molar-refractivity contribution in [2.75, 3.05) is 31.6 Å². The number of nitrogens with zero attached hydrogens (tertiary/aromatic N) is 1. The molecule has 5 heteroatoms. The first-order chi connectivity index (χ1) is 12.2. The van der Waals surface area contributed by atoms with Crippen molar-refractivity contribution in [3.8, 4) is 0 Å². The molecule has 0 aromatic heterocycles. The van der Waals surface area contributed by atoms with E-state index in [4.69, 9.17) is 4.74 Å². The van der Waals surface area contributed by atoms with Crippen LogP contribution < -0.4 is 5.32 Å². The largest absolute Gasteiger partial charge is 0.379 e. The Kier molecular flexibility index (Phi) is 6.39. The highest BCUT2D eigenvalue weighted by Gasteiger charge is 2.10. The summed E-state index contributed by atoms with van der Waals surface area (Å²) in [6.07, 6.45) is 3.36. The molecule has 0 radical (unpaired) electrons. The number of amides is 1. The summed E-state index contributed by atoms with van der Waals surface area (Å²) in [6.45, 7) is 4.36. The van der Waals surface area contributed by atoms with Crippen LogP contribution in [0.2, 0.25) is 0 Å². The highest BCUT2D eigenvalue weighted by atomic mass is 79.9. The minimum atomic E-state index is -0.133. The Labute approximate surface area is 156 Å². The van der Waals surface area contributed by atoms with Gasteiger partial charge in [0.15, 0.2) is 0 Å². The van der Waals surface area contributed by atoms with Gasteiger partial charge in [-0.3, -0.25) is 9.69 Å². The van der Waals surface area contributed by atoms with Gasteiger partial charge >= 0.3 is 0 Å². The lowest BCUT2D eigenvalue weighted by Crippen LogP contribution is -2.35. The summed E-state index contributed by atoms with van der Waals surface area (Å²) in [7, 11) is 0. The summed E-state index contributed by atoms with van der Waals surface area (Å²) in [4.78, 5) is 14.5. The molecule has 0 saturated carbocycles. The van der Waals surface area contributed by atoms with Crippen LogP contribution in [-0.4, -0.2) is 37.1 Å². The van der Waals surface area contributed by atoms with Crippen LogP contribution in [0.1, 0.15) is 11.1 Å². The van der Waals surface area contributed by atoms with Crippen LogP contribution in [-0.2, 0) is 16.1 Å². The monoisotopic (exact) mass is 400 g/mol. The van der Waals surface area contributed by atoms with Gasteiger partial charge in [0.2, 0.25) is 5.91 Å². The lowest BCUT2D eigenvalue weighted by molar-refractivity contribution is -0.111. The molecule has 3 rings (SSSR count). The summed E-state index contributed by atoms with van der Waals surface area (Å²) in [5.41, 5.74) is 2.99. The fourth-order valence-electron chi connectivity index (χ4n) is 2.69. The van der Waals surface area contributed by atoms with Crippen molar-refractivity contribution in [3.63, 3.8) is 0 Å². The number of hydrogen-bond donors (Lipinski definition) is 1. The molecule has 0 aliphatic carbocycles. The molecule has 2 aromatic rings. The van der Waals surface area contributed by atoms with E-state index < -0.39 is 0 Å². The summed E-state index contributed by atoms with van der Waals surface area (Å²) < 4.78 is 6.39. The zero-order valence-corrected chi connectivity index (χ0v) is 15.5. The Morgan fingerprint density at radius 1 is 1.16 bits per heavy atom. The van der Waals surface area contributed by atoms with Crippen molar-refractivity contribution in [1.29, 1.82) is 0 Å². The summed E-state index contributed by atoms with van der Waals surface area (Å²) in [5.74, 6) is -0.133. The molecular formula is C20H21BrN2O2. The van der Waals surface area contributed by atoms with Gasteiger partial charge in [0.1, 0.15) is 0 Å². The molecule has 2 aromatic carbocycles. The van der Waals surface area contributed by atoms with Crippen molar-refractivity contribution in [2.24, 2.45) is 0 Å². The average molecular weight is 401 g/mol. The Bertz CT molecular complexity index is 738. The van der Waals surface area contributed by atoms with Crippen LogP contribution in [0, 0.1) is 0 Å². The fourth-order valence-corrected chi connectivity index (χ4v) is 2.96. The first kappa shape index (κ1) is 17.9. The molecule has 1 fully saturated rings. The number of morpholine rings is 1. The number of nitrogens with one attached hydrogen (secondary N) is 1. The van der Waals surface area contributed by atoms with E-state index in [1.807, 2.05) is 42.5 Å². The molecule has 25 heavy (non-hydrogen) atoms. The number of halogens is 1. The number of carbonyl (C=O) groups excluding carboxylic acids is 1. The number of benzene rings is 2. The quantitative estimate of drug-likeness (QED) is 0.772. The topological polar surface area (TPSA) is 41.6 Å². The molecule has 4 nitrogen and oxygen atoms in total. The summed E-state index contributed by atoms with van der Waals surface area (Å²) in [5, 5.41) is 2.92. The number of anilines is 1. The molecule has 1 saturated heterocycles. The maximum atomic E-state index is 12.1. The second-order valence-electron chi connectivity index (χ2n) is 5.96. The standard InChI is InChI=1S/C20H21BrN2O2/c21-18-7-4-16(5-8-18)6-9-20(24)22-19-3-1-2-17(14-19)15-23-10-12-25-13-11-23/h1-9,14H,10-13,15H2,(H,22,24)/b9-6-. The van der Waals surface area contributed by atoms with Gasteiger partial charge in [0.05, 0.1) is 13.2 Å². The third kappa shape index (κ3) is 5.81. The third-order valence-corrected chi connectivity index (χ3v) is 4.53. The molecule has 0 bridgehead atoms. The van der Waals surface area contributed by atoms with Gasteiger partial charge in [-0.15, -0.1) is 0 Å². The zero-order chi connectivity index (χ0) is 17.5. The van der Waals surface area contributed by atoms with E-state index in [0.717, 1.165) is 48.6 Å². The van der Waals surface area contributed by atoms with Gasteiger partial charge in [-0.2, -0.15) is 0 Å². The van der Waals surface area contributed by atoms with Crippen LogP contribution in [0.25, 0.3) is 6.08 Å². The lowest BCUT2D eigenvalue weighted by atomic mass is 10.1. The molecule has 1 aliphatic heterocycles. The summed E-state index contributed by atoms with van der Waals surface area (Å²) >= 11 is 3.40. The predicted octanol–water partition coefficient (Wildman–Crippen LogP) is 3.93. The molecule has 0 unspecified atom stereocenters. The van der Waals surface area contributed by atoms with Gasteiger partial charge in [-0.1, -0.05) is 40.2 Å². The van der Waals surface area contributed by atoms with Crippen LogP contribution in [0.15, 0.2) is 59.1 Å². The number of carbonyl (C=O) groups is 1. The third-order valence-electron chi connectivity index (χ3n) is 4.00. The highest BCUT2D eigenvalue weighted by molar-refractivity contribution is 9.10. The Morgan fingerprint density at radius 2 is 1.92 bits per heavy atom. The smallest absolute Gasteiger partial charge is 0.248 e. The van der Waals surface area contributed by atoms with Crippen molar-refractivity contribution in [2.45, 2.75) is 6.54 Å². The summed E-state index contributed by atoms with van der Waals surface area (Å²) in [6, 6.07) is 15.8. The van der Waals surface area contributed by atoms with Crippen LogP contribution >= 0.6 is 15.9 Å². The van der Waals surface area contributed by atoms with Gasteiger partial charge in [0.25, 0.3) is 0 Å². The Hall–Kier alpha value is -1.95. The van der Waals surface area contributed by atoms with E-state index in [1.165, 1.54) is 5.56 Å². The lowest BCUT2D eigenvalue weighted by Gasteiger charge is -2.26. The van der Waals surface area contributed by atoms with Gasteiger partial charge in [-0.05, 0) is 41.5 Å². The molecule has 130 valence electrons. The van der Waals surface area contributed by atoms with Crippen LogP contribution in [0.4, 0.5) is 5.69 Å². The van der Waals surface area contributed by atoms with Crippen molar-refractivity contribution >= 4 is 33.6 Å². The Morgan fingerprint density at radius 3 is 2.68 bits per heavy atom. The fraction of sp³-hybridized carbons (Fsp3) is 0.250. The normalized spacial score (nSPS) is 15.4. The number of rotatable bonds is 5. The van der Waals surface area contributed by atoms with Gasteiger partial charge in [-0.25, -0.2) is 0 Å². The SMILES string of the molecule is O=C(/C=C\c1ccc(Br)cc1)Nc1cccc(CN2CCOCC2)c1. The zero-order valence-electron chi connectivity index (χ0n) is 14.0. The van der Waals surface area contributed by atoms with Gasteiger partial charge in [0, 0.05) is 35.9 Å².